The third-order valence-corrected chi connectivity index (χ3v) is 5.06. The molecule has 0 bridgehead atoms. The molecule has 0 spiro atoms. The normalized spacial score (nSPS) is 18.8. The van der Waals surface area contributed by atoms with E-state index in [2.05, 4.69) is 19.8 Å². The highest BCUT2D eigenvalue weighted by atomic mass is 32.2. The zero-order valence-electron chi connectivity index (χ0n) is 12.3. The smallest absolute Gasteiger partial charge is 0.243 e. The Kier molecular flexibility index (Phi) is 4.08. The highest BCUT2D eigenvalue weighted by Gasteiger charge is 2.28. The quantitative estimate of drug-likeness (QED) is 0.843. The molecule has 9 heteroatoms. The molecule has 1 unspecified atom stereocenters. The Morgan fingerprint density at radius 3 is 2.82 bits per heavy atom. The van der Waals surface area contributed by atoms with Gasteiger partial charge >= 0.3 is 0 Å². The van der Waals surface area contributed by atoms with Gasteiger partial charge in [0.05, 0.1) is 6.20 Å². The molecule has 0 radical (unpaired) electrons. The molecule has 22 heavy (non-hydrogen) atoms. The first-order chi connectivity index (χ1) is 10.6. The van der Waals surface area contributed by atoms with Gasteiger partial charge in [-0.1, -0.05) is 0 Å². The third-order valence-electron chi connectivity index (χ3n) is 3.69. The lowest BCUT2D eigenvalue weighted by Gasteiger charge is -2.24. The number of nitrogens with one attached hydrogen (secondary N) is 1. The molecule has 118 valence electrons. The van der Waals surface area contributed by atoms with E-state index in [0.29, 0.717) is 12.5 Å². The number of aromatic nitrogens is 4. The number of hydrogen-bond donors (Lipinski definition) is 1. The number of aryl methyl sites for hydroxylation is 1. The van der Waals surface area contributed by atoms with Crippen LogP contribution in [0.5, 0.6) is 0 Å². The zero-order chi connectivity index (χ0) is 15.6. The summed E-state index contributed by atoms with van der Waals surface area (Å²) in [7, 11) is -1.85. The summed E-state index contributed by atoms with van der Waals surface area (Å²) in [6, 6.07) is 1.83. The second-order valence-electron chi connectivity index (χ2n) is 5.24. The Morgan fingerprint density at radius 2 is 2.14 bits per heavy atom. The van der Waals surface area contributed by atoms with Crippen molar-refractivity contribution >= 4 is 16.0 Å². The molecule has 3 rings (SSSR count). The first kappa shape index (κ1) is 14.9. The van der Waals surface area contributed by atoms with Gasteiger partial charge in [0, 0.05) is 44.8 Å². The van der Waals surface area contributed by atoms with E-state index >= 15 is 0 Å². The molecular formula is C13H18N6O2S. The van der Waals surface area contributed by atoms with Gasteiger partial charge in [0.1, 0.15) is 4.90 Å². The SMILES string of the molecule is Cn1cc(S(=O)(=O)NCC2CCCN2c2ncccn2)cn1. The van der Waals surface area contributed by atoms with Gasteiger partial charge in [0.2, 0.25) is 16.0 Å². The maximum atomic E-state index is 12.2. The van der Waals surface area contributed by atoms with Crippen LogP contribution in [0.3, 0.4) is 0 Å². The molecule has 1 fully saturated rings. The molecule has 1 aliphatic rings. The van der Waals surface area contributed by atoms with Crippen LogP contribution in [-0.2, 0) is 17.1 Å². The van der Waals surface area contributed by atoms with E-state index in [9.17, 15) is 8.42 Å². The minimum atomic E-state index is -3.53. The maximum Gasteiger partial charge on any atom is 0.243 e. The van der Waals surface area contributed by atoms with Gasteiger partial charge in [-0.05, 0) is 18.9 Å². The molecule has 1 aliphatic heterocycles. The Bertz CT molecular complexity index is 730. The molecule has 1 saturated heterocycles. The lowest BCUT2D eigenvalue weighted by molar-refractivity contribution is 0.565. The fourth-order valence-corrected chi connectivity index (χ4v) is 3.63. The van der Waals surface area contributed by atoms with Gasteiger partial charge < -0.3 is 4.90 Å². The van der Waals surface area contributed by atoms with E-state index in [0.717, 1.165) is 19.4 Å². The van der Waals surface area contributed by atoms with E-state index in [4.69, 9.17) is 0 Å². The summed E-state index contributed by atoms with van der Waals surface area (Å²) in [5.41, 5.74) is 0. The highest BCUT2D eigenvalue weighted by Crippen LogP contribution is 2.21. The summed E-state index contributed by atoms with van der Waals surface area (Å²) in [5.74, 6) is 0.644. The van der Waals surface area contributed by atoms with Crippen molar-refractivity contribution in [2.45, 2.75) is 23.8 Å². The largest absolute Gasteiger partial charge is 0.337 e. The Morgan fingerprint density at radius 1 is 1.36 bits per heavy atom. The van der Waals surface area contributed by atoms with Crippen LogP contribution in [0.25, 0.3) is 0 Å². The van der Waals surface area contributed by atoms with Crippen molar-refractivity contribution in [3.05, 3.63) is 30.9 Å². The predicted molar refractivity (Wildman–Crippen MR) is 80.8 cm³/mol. The minimum Gasteiger partial charge on any atom is -0.337 e. The summed E-state index contributed by atoms with van der Waals surface area (Å²) >= 11 is 0. The van der Waals surface area contributed by atoms with Crippen molar-refractivity contribution in [1.29, 1.82) is 0 Å². The second-order valence-corrected chi connectivity index (χ2v) is 7.01. The third kappa shape index (κ3) is 3.09. The van der Waals surface area contributed by atoms with Gasteiger partial charge in [0.15, 0.2) is 0 Å². The van der Waals surface area contributed by atoms with Crippen molar-refractivity contribution in [2.24, 2.45) is 7.05 Å². The first-order valence-electron chi connectivity index (χ1n) is 7.08. The van der Waals surface area contributed by atoms with Crippen molar-refractivity contribution in [1.82, 2.24) is 24.5 Å². The van der Waals surface area contributed by atoms with Crippen LogP contribution in [0.1, 0.15) is 12.8 Å². The summed E-state index contributed by atoms with van der Waals surface area (Å²) in [4.78, 5) is 10.7. The lowest BCUT2D eigenvalue weighted by atomic mass is 10.2. The predicted octanol–water partition coefficient (Wildman–Crippen LogP) is 0.157. The number of sulfonamides is 1. The van der Waals surface area contributed by atoms with Crippen molar-refractivity contribution in [3.8, 4) is 0 Å². The van der Waals surface area contributed by atoms with Crippen molar-refractivity contribution in [3.63, 3.8) is 0 Å². The summed E-state index contributed by atoms with van der Waals surface area (Å²) in [5, 5.41) is 3.89. The van der Waals surface area contributed by atoms with Crippen LogP contribution in [0.2, 0.25) is 0 Å². The number of anilines is 1. The van der Waals surface area contributed by atoms with E-state index in [1.807, 2.05) is 4.90 Å². The van der Waals surface area contributed by atoms with Gasteiger partial charge in [0.25, 0.3) is 0 Å². The zero-order valence-corrected chi connectivity index (χ0v) is 13.1. The summed E-state index contributed by atoms with van der Waals surface area (Å²) in [6.45, 7) is 1.17. The average Bonchev–Trinajstić information content (AvgIpc) is 3.15. The van der Waals surface area contributed by atoms with Gasteiger partial charge in [-0.2, -0.15) is 5.10 Å². The summed E-state index contributed by atoms with van der Waals surface area (Å²) in [6.07, 6.45) is 8.12. The monoisotopic (exact) mass is 322 g/mol. The summed E-state index contributed by atoms with van der Waals surface area (Å²) < 4.78 is 28.6. The van der Waals surface area contributed by atoms with E-state index in [1.54, 1.807) is 25.5 Å². The Balaban J connectivity index is 1.68. The first-order valence-corrected chi connectivity index (χ1v) is 8.56. The van der Waals surface area contributed by atoms with Crippen LogP contribution < -0.4 is 9.62 Å². The molecule has 0 saturated carbocycles. The standard InChI is InChI=1S/C13H18N6O2S/c1-18-10-12(9-16-18)22(20,21)17-8-11-4-2-7-19(11)13-14-5-3-6-15-13/h3,5-6,9-11,17H,2,4,7-8H2,1H3. The van der Waals surface area contributed by atoms with Crippen molar-refractivity contribution in [2.75, 3.05) is 18.0 Å². The van der Waals surface area contributed by atoms with Crippen LogP contribution >= 0.6 is 0 Å². The van der Waals surface area contributed by atoms with E-state index in [1.165, 1.54) is 17.1 Å². The molecule has 0 aromatic carbocycles. The minimum absolute atomic E-state index is 0.0637. The number of rotatable bonds is 5. The lowest BCUT2D eigenvalue weighted by Crippen LogP contribution is -2.40. The fourth-order valence-electron chi connectivity index (χ4n) is 2.58. The Labute approximate surface area is 129 Å². The van der Waals surface area contributed by atoms with Crippen LogP contribution in [0, 0.1) is 0 Å². The average molecular weight is 322 g/mol. The Hall–Kier alpha value is -2.00. The molecule has 2 aromatic rings. The van der Waals surface area contributed by atoms with Crippen LogP contribution in [-0.4, -0.2) is 47.3 Å². The molecule has 8 nitrogen and oxygen atoms in total. The maximum absolute atomic E-state index is 12.2. The molecule has 2 aromatic heterocycles. The van der Waals surface area contributed by atoms with E-state index in [-0.39, 0.29) is 10.9 Å². The number of hydrogen-bond acceptors (Lipinski definition) is 6. The van der Waals surface area contributed by atoms with E-state index < -0.39 is 10.0 Å². The highest BCUT2D eigenvalue weighted by molar-refractivity contribution is 7.89. The molecular weight excluding hydrogens is 304 g/mol. The fraction of sp³-hybridized carbons (Fsp3) is 0.462. The van der Waals surface area contributed by atoms with Gasteiger partial charge in [-0.3, -0.25) is 4.68 Å². The molecule has 0 amide bonds. The second kappa shape index (κ2) is 6.01. The molecule has 1 N–H and O–H groups in total. The van der Waals surface area contributed by atoms with Gasteiger partial charge in [-0.15, -0.1) is 0 Å². The topological polar surface area (TPSA) is 93.0 Å². The van der Waals surface area contributed by atoms with Crippen LogP contribution in [0.15, 0.2) is 35.7 Å². The number of nitrogens with zero attached hydrogens (tertiary/aromatic N) is 5. The molecule has 3 heterocycles. The molecule has 0 aliphatic carbocycles. The van der Waals surface area contributed by atoms with Gasteiger partial charge in [-0.25, -0.2) is 23.1 Å². The van der Waals surface area contributed by atoms with Crippen molar-refractivity contribution < 1.29 is 8.42 Å². The van der Waals surface area contributed by atoms with Crippen LogP contribution in [0.4, 0.5) is 5.95 Å². The molecule has 1 atom stereocenters.